The molecule has 1 aliphatic heterocycles. The predicted molar refractivity (Wildman–Crippen MR) is 136 cm³/mol. The molecule has 4 aromatic rings. The molecule has 0 radical (unpaired) electrons. The minimum absolute atomic E-state index is 0.0299. The lowest BCUT2D eigenvalue weighted by Gasteiger charge is -2.36. The number of benzene rings is 1. The first-order chi connectivity index (χ1) is 17.8. The van der Waals surface area contributed by atoms with Gasteiger partial charge in [-0.15, -0.1) is 0 Å². The number of nitrogen functional groups attached to an aromatic ring is 1. The number of carbonyl (C=O) groups excluding carboxylic acids is 1. The van der Waals surface area contributed by atoms with Gasteiger partial charge in [-0.05, 0) is 51.5 Å². The highest BCUT2D eigenvalue weighted by Gasteiger charge is 2.25. The lowest BCUT2D eigenvalue weighted by molar-refractivity contribution is 0.0674. The van der Waals surface area contributed by atoms with Gasteiger partial charge in [0.15, 0.2) is 18.2 Å². The molecule has 11 heteroatoms. The fourth-order valence-corrected chi connectivity index (χ4v) is 4.55. The van der Waals surface area contributed by atoms with Crippen LogP contribution in [-0.2, 0) is 6.61 Å². The Balaban J connectivity index is 1.28. The Morgan fingerprint density at radius 3 is 2.51 bits per heavy atom. The number of nitrogens with zero attached hydrogens (tertiary/aromatic N) is 5. The van der Waals surface area contributed by atoms with E-state index in [4.69, 9.17) is 19.5 Å². The van der Waals surface area contributed by atoms with Crippen LogP contribution in [0.2, 0.25) is 0 Å². The van der Waals surface area contributed by atoms with Gasteiger partial charge in [-0.3, -0.25) is 4.79 Å². The van der Waals surface area contributed by atoms with E-state index in [1.54, 1.807) is 26.1 Å². The number of piperazine rings is 1. The molecule has 0 aliphatic carbocycles. The van der Waals surface area contributed by atoms with Gasteiger partial charge in [0.05, 0.1) is 5.69 Å². The minimum Gasteiger partial charge on any atom is -0.482 e. The summed E-state index contributed by atoms with van der Waals surface area (Å²) in [5.41, 5.74) is 9.72. The number of ether oxygens (including phenoxy) is 1. The Morgan fingerprint density at radius 2 is 1.84 bits per heavy atom. The average Bonchev–Trinajstić information content (AvgIpc) is 3.48. The van der Waals surface area contributed by atoms with Crippen molar-refractivity contribution in [2.24, 2.45) is 0 Å². The van der Waals surface area contributed by atoms with E-state index in [1.165, 1.54) is 0 Å². The maximum atomic E-state index is 13.0. The van der Waals surface area contributed by atoms with E-state index in [1.807, 2.05) is 29.2 Å². The van der Waals surface area contributed by atoms with Gasteiger partial charge in [-0.1, -0.05) is 22.4 Å². The molecule has 192 valence electrons. The molecule has 1 aromatic carbocycles. The van der Waals surface area contributed by atoms with Crippen molar-refractivity contribution < 1.29 is 18.6 Å². The highest BCUT2D eigenvalue weighted by molar-refractivity contribution is 5.95. The van der Waals surface area contributed by atoms with Crippen LogP contribution in [0.5, 0.6) is 5.75 Å². The second-order valence-corrected chi connectivity index (χ2v) is 9.37. The van der Waals surface area contributed by atoms with Crippen LogP contribution < -0.4 is 15.8 Å². The molecular formula is C26H29N7O4. The summed E-state index contributed by atoms with van der Waals surface area (Å²) >= 11 is 0. The SMILES string of the molecule is Cc1noc(C)c1-c1nc(COc2cc(-c3ccc(C(=O)N4CC(C)NC(C)C4)cc3)cnc2N)no1. The lowest BCUT2D eigenvalue weighted by atomic mass is 10.0. The number of hydrogen-bond donors (Lipinski definition) is 2. The maximum Gasteiger partial charge on any atom is 0.263 e. The summed E-state index contributed by atoms with van der Waals surface area (Å²) in [5, 5.41) is 11.3. The summed E-state index contributed by atoms with van der Waals surface area (Å²) in [6.45, 7) is 9.17. The molecule has 0 saturated carbocycles. The van der Waals surface area contributed by atoms with Crippen LogP contribution in [-0.4, -0.2) is 56.3 Å². The zero-order chi connectivity index (χ0) is 26.1. The van der Waals surface area contributed by atoms with Crippen LogP contribution in [0.25, 0.3) is 22.6 Å². The van der Waals surface area contributed by atoms with E-state index in [2.05, 4.69) is 39.4 Å². The van der Waals surface area contributed by atoms with E-state index in [9.17, 15) is 4.79 Å². The number of carbonyl (C=O) groups is 1. The normalized spacial score (nSPS) is 17.7. The molecule has 1 fully saturated rings. The first kappa shape index (κ1) is 24.4. The summed E-state index contributed by atoms with van der Waals surface area (Å²) < 4.78 is 16.4. The lowest BCUT2D eigenvalue weighted by Crippen LogP contribution is -2.55. The molecule has 2 atom stereocenters. The topological polar surface area (TPSA) is 145 Å². The molecular weight excluding hydrogens is 474 g/mol. The number of hydrogen-bond acceptors (Lipinski definition) is 10. The molecule has 2 unspecified atom stereocenters. The summed E-state index contributed by atoms with van der Waals surface area (Å²) in [7, 11) is 0. The predicted octanol–water partition coefficient (Wildman–Crippen LogP) is 3.39. The maximum absolute atomic E-state index is 13.0. The Morgan fingerprint density at radius 1 is 1.11 bits per heavy atom. The molecule has 0 spiro atoms. The fourth-order valence-electron chi connectivity index (χ4n) is 4.55. The average molecular weight is 504 g/mol. The highest BCUT2D eigenvalue weighted by atomic mass is 16.5. The van der Waals surface area contributed by atoms with Crippen LogP contribution in [0.3, 0.4) is 0 Å². The number of aryl methyl sites for hydroxylation is 2. The van der Waals surface area contributed by atoms with E-state index in [-0.39, 0.29) is 30.4 Å². The minimum atomic E-state index is 0.0299. The zero-order valence-electron chi connectivity index (χ0n) is 21.2. The smallest absolute Gasteiger partial charge is 0.263 e. The van der Waals surface area contributed by atoms with E-state index in [0.29, 0.717) is 53.1 Å². The van der Waals surface area contributed by atoms with E-state index in [0.717, 1.165) is 11.1 Å². The van der Waals surface area contributed by atoms with Crippen molar-refractivity contribution in [2.45, 2.75) is 46.4 Å². The van der Waals surface area contributed by atoms with Gasteiger partial charge < -0.3 is 29.7 Å². The summed E-state index contributed by atoms with van der Waals surface area (Å²) in [6.07, 6.45) is 1.67. The number of nitrogens with two attached hydrogens (primary N) is 1. The van der Waals surface area contributed by atoms with Crippen molar-refractivity contribution in [3.8, 4) is 28.3 Å². The van der Waals surface area contributed by atoms with Crippen LogP contribution in [0.15, 0.2) is 45.6 Å². The van der Waals surface area contributed by atoms with Crippen LogP contribution in [0.1, 0.15) is 41.5 Å². The highest BCUT2D eigenvalue weighted by Crippen LogP contribution is 2.29. The first-order valence-electron chi connectivity index (χ1n) is 12.1. The molecule has 5 rings (SSSR count). The number of rotatable bonds is 6. The second kappa shape index (κ2) is 10.0. The number of pyridine rings is 1. The molecule has 4 heterocycles. The first-order valence-corrected chi connectivity index (χ1v) is 12.1. The number of nitrogens with one attached hydrogen (secondary N) is 1. The summed E-state index contributed by atoms with van der Waals surface area (Å²) in [6, 6.07) is 9.79. The van der Waals surface area contributed by atoms with Gasteiger partial charge in [0.2, 0.25) is 5.82 Å². The number of amides is 1. The van der Waals surface area contributed by atoms with Gasteiger partial charge in [0.1, 0.15) is 11.3 Å². The second-order valence-electron chi connectivity index (χ2n) is 9.37. The van der Waals surface area contributed by atoms with E-state index < -0.39 is 0 Å². The molecule has 0 bridgehead atoms. The van der Waals surface area contributed by atoms with Crippen molar-refractivity contribution in [2.75, 3.05) is 18.8 Å². The van der Waals surface area contributed by atoms with E-state index >= 15 is 0 Å². The van der Waals surface area contributed by atoms with Crippen LogP contribution in [0, 0.1) is 13.8 Å². The Kier molecular flexibility index (Phi) is 6.62. The third-order valence-corrected chi connectivity index (χ3v) is 6.26. The molecule has 1 aliphatic rings. The van der Waals surface area contributed by atoms with Crippen molar-refractivity contribution in [3.63, 3.8) is 0 Å². The van der Waals surface area contributed by atoms with Crippen molar-refractivity contribution >= 4 is 11.7 Å². The Labute approximate surface area is 214 Å². The Hall–Kier alpha value is -4.25. The van der Waals surface area contributed by atoms with Crippen molar-refractivity contribution in [3.05, 3.63) is 59.4 Å². The van der Waals surface area contributed by atoms with Gasteiger partial charge >= 0.3 is 0 Å². The van der Waals surface area contributed by atoms with Crippen molar-refractivity contribution in [1.82, 2.24) is 30.5 Å². The zero-order valence-corrected chi connectivity index (χ0v) is 21.2. The fraction of sp³-hybridized carbons (Fsp3) is 0.346. The number of anilines is 1. The standard InChI is InChI=1S/C26H29N7O4/c1-14-11-33(12-15(2)29-14)26(34)19-7-5-18(6-8-19)20-9-21(24(27)28-10-20)35-13-22-30-25(37-32-22)23-16(3)31-36-17(23)4/h5-10,14-15,29H,11-13H2,1-4H3,(H2,27,28). The van der Waals surface area contributed by atoms with Crippen LogP contribution in [0.4, 0.5) is 5.82 Å². The molecule has 3 aromatic heterocycles. The molecule has 3 N–H and O–H groups in total. The number of aromatic nitrogens is 4. The quantitative estimate of drug-likeness (QED) is 0.401. The third kappa shape index (κ3) is 5.17. The summed E-state index contributed by atoms with van der Waals surface area (Å²) in [5.74, 6) is 1.92. The van der Waals surface area contributed by atoms with Crippen molar-refractivity contribution in [1.29, 1.82) is 0 Å². The molecule has 37 heavy (non-hydrogen) atoms. The van der Waals surface area contributed by atoms with Crippen LogP contribution >= 0.6 is 0 Å². The monoisotopic (exact) mass is 503 g/mol. The van der Waals surface area contributed by atoms with Gasteiger partial charge in [-0.25, -0.2) is 4.98 Å². The molecule has 1 saturated heterocycles. The largest absolute Gasteiger partial charge is 0.482 e. The molecule has 11 nitrogen and oxygen atoms in total. The van der Waals surface area contributed by atoms with Gasteiger partial charge in [0, 0.05) is 42.5 Å². The summed E-state index contributed by atoms with van der Waals surface area (Å²) in [4.78, 5) is 23.5. The third-order valence-electron chi connectivity index (χ3n) is 6.26. The van der Waals surface area contributed by atoms with Gasteiger partial charge in [0.25, 0.3) is 11.8 Å². The Bertz CT molecular complexity index is 1380. The van der Waals surface area contributed by atoms with Gasteiger partial charge in [-0.2, -0.15) is 4.98 Å². The molecule has 1 amide bonds.